The molecule has 0 unspecified atom stereocenters. The van der Waals surface area contributed by atoms with Crippen LogP contribution >= 0.6 is 23.2 Å². The summed E-state index contributed by atoms with van der Waals surface area (Å²) in [6.45, 7) is 0.828. The van der Waals surface area contributed by atoms with Crippen LogP contribution in [0.5, 0.6) is 0 Å². The van der Waals surface area contributed by atoms with Crippen molar-refractivity contribution in [1.82, 2.24) is 14.3 Å². The monoisotopic (exact) mass is 343 g/mol. The van der Waals surface area contributed by atoms with Crippen LogP contribution in [0.4, 0.5) is 0 Å². The number of methoxy groups -OCH3 is 1. The lowest BCUT2D eigenvalue weighted by Gasteiger charge is -2.20. The van der Waals surface area contributed by atoms with E-state index in [0.717, 1.165) is 5.69 Å². The highest BCUT2D eigenvalue weighted by Gasteiger charge is 2.36. The number of carbonyl (C=O) groups excluding carboxylic acids is 1. The van der Waals surface area contributed by atoms with E-state index in [4.69, 9.17) is 27.9 Å². The van der Waals surface area contributed by atoms with E-state index in [-0.39, 0.29) is 5.97 Å². The van der Waals surface area contributed by atoms with Gasteiger partial charge in [-0.15, -0.1) is 0 Å². The van der Waals surface area contributed by atoms with Crippen LogP contribution in [-0.2, 0) is 16.1 Å². The van der Waals surface area contributed by atoms with Gasteiger partial charge in [0.15, 0.2) is 5.65 Å². The highest BCUT2D eigenvalue weighted by Crippen LogP contribution is 2.24. The number of rotatable bonds is 3. The maximum absolute atomic E-state index is 11.8. The molecular formula is C14H15Cl2N3O3. The average molecular weight is 344 g/mol. The quantitative estimate of drug-likeness (QED) is 0.860. The fourth-order valence-electron chi connectivity index (χ4n) is 2.79. The Labute approximate surface area is 137 Å². The largest absolute Gasteiger partial charge is 0.468 e. The highest BCUT2D eigenvalue weighted by atomic mass is 35.5. The van der Waals surface area contributed by atoms with Crippen LogP contribution in [0.1, 0.15) is 12.1 Å². The van der Waals surface area contributed by atoms with Gasteiger partial charge < -0.3 is 14.2 Å². The molecule has 1 aliphatic rings. The first-order valence-corrected chi connectivity index (χ1v) is 7.56. The summed E-state index contributed by atoms with van der Waals surface area (Å²) in [6, 6.07) is 1.18. The number of aliphatic hydroxyl groups excluding tert-OH is 1. The summed E-state index contributed by atoms with van der Waals surface area (Å²) in [6.07, 6.45) is 3.36. The first kappa shape index (κ1) is 15.6. The summed E-state index contributed by atoms with van der Waals surface area (Å²) < 4.78 is 6.54. The summed E-state index contributed by atoms with van der Waals surface area (Å²) in [5, 5.41) is 10.8. The standard InChI is InChI=1S/C14H15Cl2N3O3/c1-22-14(21)12-3-10(20)7-18(12)5-9-6-19-4-8(15)2-11(16)13(19)17-9/h2,4,6,10,12,20H,3,5,7H2,1H3/t10-,12-/m0/s1. The second-order valence-corrected chi connectivity index (χ2v) is 6.17. The van der Waals surface area contributed by atoms with E-state index < -0.39 is 12.1 Å². The zero-order chi connectivity index (χ0) is 15.9. The van der Waals surface area contributed by atoms with Gasteiger partial charge in [0.1, 0.15) is 6.04 Å². The topological polar surface area (TPSA) is 67.1 Å². The second kappa shape index (κ2) is 6.04. The Morgan fingerprint density at radius 1 is 1.50 bits per heavy atom. The van der Waals surface area contributed by atoms with Crippen LogP contribution in [-0.4, -0.2) is 51.2 Å². The molecule has 0 aromatic carbocycles. The summed E-state index contributed by atoms with van der Waals surface area (Å²) in [4.78, 5) is 18.1. The number of carbonyl (C=O) groups is 1. The van der Waals surface area contributed by atoms with Gasteiger partial charge >= 0.3 is 5.97 Å². The fourth-order valence-corrected chi connectivity index (χ4v) is 3.32. The van der Waals surface area contributed by atoms with Gasteiger partial charge in [-0.1, -0.05) is 23.2 Å². The van der Waals surface area contributed by atoms with Crippen molar-refractivity contribution >= 4 is 34.8 Å². The van der Waals surface area contributed by atoms with Gasteiger partial charge in [-0.25, -0.2) is 4.98 Å². The molecule has 0 aliphatic carbocycles. The summed E-state index contributed by atoms with van der Waals surface area (Å²) in [5.41, 5.74) is 1.35. The predicted octanol–water partition coefficient (Wildman–Crippen LogP) is 1.75. The third kappa shape index (κ3) is 2.92. The number of ether oxygens (including phenoxy) is 1. The van der Waals surface area contributed by atoms with E-state index in [1.807, 2.05) is 11.1 Å². The molecule has 8 heteroatoms. The highest BCUT2D eigenvalue weighted by molar-refractivity contribution is 6.36. The number of aromatic nitrogens is 2. The molecule has 118 valence electrons. The van der Waals surface area contributed by atoms with Gasteiger partial charge in [0.05, 0.1) is 29.0 Å². The first-order valence-electron chi connectivity index (χ1n) is 6.80. The fraction of sp³-hybridized carbons (Fsp3) is 0.429. The molecule has 0 saturated carbocycles. The lowest BCUT2D eigenvalue weighted by atomic mass is 10.2. The number of nitrogens with zero attached hydrogens (tertiary/aromatic N) is 3. The molecule has 0 amide bonds. The van der Waals surface area contributed by atoms with E-state index >= 15 is 0 Å². The number of aliphatic hydroxyl groups is 1. The van der Waals surface area contributed by atoms with E-state index in [2.05, 4.69) is 4.98 Å². The Hall–Kier alpha value is -1.34. The summed E-state index contributed by atoms with van der Waals surface area (Å²) in [7, 11) is 1.35. The van der Waals surface area contributed by atoms with Crippen LogP contribution < -0.4 is 0 Å². The molecule has 1 saturated heterocycles. The molecule has 1 fully saturated rings. The Morgan fingerprint density at radius 2 is 2.27 bits per heavy atom. The zero-order valence-corrected chi connectivity index (χ0v) is 13.4. The van der Waals surface area contributed by atoms with Crippen LogP contribution in [0.15, 0.2) is 18.5 Å². The van der Waals surface area contributed by atoms with Crippen LogP contribution in [0, 0.1) is 0 Å². The smallest absolute Gasteiger partial charge is 0.323 e. The number of likely N-dealkylation sites (tertiary alicyclic amines) is 1. The minimum atomic E-state index is -0.542. The second-order valence-electron chi connectivity index (χ2n) is 5.33. The molecule has 6 nitrogen and oxygen atoms in total. The molecule has 1 aliphatic heterocycles. The molecule has 0 bridgehead atoms. The molecular weight excluding hydrogens is 329 g/mol. The van der Waals surface area contributed by atoms with Crippen LogP contribution in [0.2, 0.25) is 10.0 Å². The molecule has 0 spiro atoms. The summed E-state index contributed by atoms with van der Waals surface area (Å²) >= 11 is 12.1. The average Bonchev–Trinajstić information content (AvgIpc) is 3.01. The Morgan fingerprint density at radius 3 is 3.00 bits per heavy atom. The zero-order valence-electron chi connectivity index (χ0n) is 11.9. The van der Waals surface area contributed by atoms with Crippen molar-refractivity contribution < 1.29 is 14.6 Å². The number of imidazole rings is 1. The minimum Gasteiger partial charge on any atom is -0.468 e. The maximum atomic E-state index is 11.8. The number of esters is 1. The van der Waals surface area contributed by atoms with Crippen molar-refractivity contribution in [3.63, 3.8) is 0 Å². The Bertz CT molecular complexity index is 719. The summed E-state index contributed by atoms with van der Waals surface area (Å²) in [5.74, 6) is -0.346. The van der Waals surface area contributed by atoms with Crippen molar-refractivity contribution in [1.29, 1.82) is 0 Å². The molecule has 1 N–H and O–H groups in total. The number of hydrogen-bond acceptors (Lipinski definition) is 5. The number of fused-ring (bicyclic) bond motifs is 1. The van der Waals surface area contributed by atoms with Crippen molar-refractivity contribution in [2.75, 3.05) is 13.7 Å². The molecule has 2 aromatic heterocycles. The van der Waals surface area contributed by atoms with E-state index in [9.17, 15) is 9.90 Å². The van der Waals surface area contributed by atoms with Gasteiger partial charge in [-0.3, -0.25) is 9.69 Å². The van der Waals surface area contributed by atoms with Gasteiger partial charge in [0.2, 0.25) is 0 Å². The van der Waals surface area contributed by atoms with E-state index in [1.165, 1.54) is 7.11 Å². The number of pyridine rings is 1. The number of hydrogen-bond donors (Lipinski definition) is 1. The first-order chi connectivity index (χ1) is 10.5. The van der Waals surface area contributed by atoms with Crippen molar-refractivity contribution in [2.24, 2.45) is 0 Å². The lowest BCUT2D eigenvalue weighted by Crippen LogP contribution is -2.36. The van der Waals surface area contributed by atoms with Gasteiger partial charge in [0.25, 0.3) is 0 Å². The SMILES string of the molecule is COC(=O)[C@@H]1C[C@H](O)CN1Cc1cn2cc(Cl)cc(Cl)c2n1. The molecule has 3 rings (SSSR count). The Kier molecular flexibility index (Phi) is 4.27. The van der Waals surface area contributed by atoms with Gasteiger partial charge in [0, 0.05) is 31.9 Å². The molecule has 3 heterocycles. The number of β-amino-alcohol motifs (C(OH)–C–C–N with tert-alkyl or cyclic N) is 1. The molecule has 0 radical (unpaired) electrons. The maximum Gasteiger partial charge on any atom is 0.323 e. The van der Waals surface area contributed by atoms with Crippen molar-refractivity contribution in [3.05, 3.63) is 34.2 Å². The molecule has 2 aromatic rings. The van der Waals surface area contributed by atoms with Crippen molar-refractivity contribution in [2.45, 2.75) is 25.1 Å². The molecule has 22 heavy (non-hydrogen) atoms. The third-order valence-electron chi connectivity index (χ3n) is 3.74. The third-order valence-corrected chi connectivity index (χ3v) is 4.23. The van der Waals surface area contributed by atoms with Crippen LogP contribution in [0.3, 0.4) is 0 Å². The predicted molar refractivity (Wildman–Crippen MR) is 82.0 cm³/mol. The van der Waals surface area contributed by atoms with E-state index in [1.54, 1.807) is 16.7 Å². The number of halogens is 2. The van der Waals surface area contributed by atoms with Crippen LogP contribution in [0.25, 0.3) is 5.65 Å². The normalized spacial score (nSPS) is 22.4. The van der Waals surface area contributed by atoms with Gasteiger partial charge in [-0.2, -0.15) is 0 Å². The molecule has 2 atom stereocenters. The lowest BCUT2D eigenvalue weighted by molar-refractivity contribution is -0.146. The minimum absolute atomic E-state index is 0.346. The van der Waals surface area contributed by atoms with Gasteiger partial charge in [-0.05, 0) is 6.07 Å². The van der Waals surface area contributed by atoms with Crippen molar-refractivity contribution in [3.8, 4) is 0 Å². The Balaban J connectivity index is 1.86. The van der Waals surface area contributed by atoms with E-state index in [0.29, 0.717) is 35.2 Å².